The molecular formula is C28H26F6N6O4. The number of aliphatic hydroxyl groups is 1. The molecule has 2 amide bonds. The first-order valence-electron chi connectivity index (χ1n) is 12.9. The quantitative estimate of drug-likeness (QED) is 0.185. The van der Waals surface area contributed by atoms with Crippen LogP contribution in [0.25, 0.3) is 16.8 Å². The largest absolute Gasteiger partial charge is 0.482 e. The second-order valence-electron chi connectivity index (χ2n) is 10.3. The monoisotopic (exact) mass is 624 g/mol. The van der Waals surface area contributed by atoms with Crippen molar-refractivity contribution in [3.8, 4) is 16.9 Å². The molecule has 16 heteroatoms. The number of carbonyl (C=O) groups excluding carboxylic acids is 2. The molecule has 4 aromatic rings. The van der Waals surface area contributed by atoms with Crippen molar-refractivity contribution in [1.82, 2.24) is 25.2 Å². The van der Waals surface area contributed by atoms with Gasteiger partial charge in [0.05, 0.1) is 11.3 Å². The number of hydrogen-bond acceptors (Lipinski definition) is 7. The number of carbonyl (C=O) groups is 2. The number of alkyl halides is 6. The summed E-state index contributed by atoms with van der Waals surface area (Å²) in [5.74, 6) is -1.88. The summed E-state index contributed by atoms with van der Waals surface area (Å²) in [6.07, 6.45) is -7.68. The Morgan fingerprint density at radius 1 is 0.864 bits per heavy atom. The molecule has 2 aromatic heterocycles. The minimum atomic E-state index is -4.66. The number of nitrogens with zero attached hydrogens (tertiary/aromatic N) is 3. The zero-order valence-corrected chi connectivity index (χ0v) is 23.2. The maximum atomic E-state index is 12.9. The highest BCUT2D eigenvalue weighted by Crippen LogP contribution is 2.30. The SMILES string of the molecule is CC(C)(O)CNC(=O)c1ccc(Nc2nc3ccc(-c4cccc(C(=O)NCC(F)(F)F)c4)cn3n2)c(OCC(F)(F)F)c1. The lowest BCUT2D eigenvalue weighted by Gasteiger charge is -2.18. The molecule has 0 aliphatic rings. The van der Waals surface area contributed by atoms with Crippen molar-refractivity contribution >= 4 is 29.1 Å². The number of halogens is 6. The Labute approximate surface area is 246 Å². The van der Waals surface area contributed by atoms with Gasteiger partial charge in [-0.2, -0.15) is 31.3 Å². The zero-order valence-electron chi connectivity index (χ0n) is 23.2. The topological polar surface area (TPSA) is 130 Å². The van der Waals surface area contributed by atoms with Crippen LogP contribution in [0.3, 0.4) is 0 Å². The molecule has 4 N–H and O–H groups in total. The molecule has 0 saturated carbocycles. The van der Waals surface area contributed by atoms with Crippen LogP contribution in [-0.2, 0) is 0 Å². The van der Waals surface area contributed by atoms with Crippen LogP contribution in [0, 0.1) is 0 Å². The van der Waals surface area contributed by atoms with E-state index in [0.717, 1.165) is 6.07 Å². The van der Waals surface area contributed by atoms with E-state index in [4.69, 9.17) is 4.74 Å². The van der Waals surface area contributed by atoms with E-state index in [9.17, 15) is 41.0 Å². The molecule has 0 unspecified atom stereocenters. The third-order valence-electron chi connectivity index (χ3n) is 5.80. The summed E-state index contributed by atoms with van der Waals surface area (Å²) >= 11 is 0. The lowest BCUT2D eigenvalue weighted by Crippen LogP contribution is -2.38. The van der Waals surface area contributed by atoms with Gasteiger partial charge in [-0.1, -0.05) is 12.1 Å². The van der Waals surface area contributed by atoms with Crippen molar-refractivity contribution < 1.29 is 45.8 Å². The van der Waals surface area contributed by atoms with Crippen LogP contribution >= 0.6 is 0 Å². The van der Waals surface area contributed by atoms with Gasteiger partial charge >= 0.3 is 12.4 Å². The van der Waals surface area contributed by atoms with Gasteiger partial charge in [0, 0.05) is 29.4 Å². The molecule has 0 aliphatic carbocycles. The van der Waals surface area contributed by atoms with E-state index in [2.05, 4.69) is 20.7 Å². The van der Waals surface area contributed by atoms with E-state index < -0.39 is 42.9 Å². The first-order valence-corrected chi connectivity index (χ1v) is 12.9. The van der Waals surface area contributed by atoms with Crippen molar-refractivity contribution in [2.45, 2.75) is 31.8 Å². The summed E-state index contributed by atoms with van der Waals surface area (Å²) < 4.78 is 82.5. The van der Waals surface area contributed by atoms with E-state index in [-0.39, 0.29) is 35.1 Å². The molecule has 0 radical (unpaired) electrons. The molecule has 44 heavy (non-hydrogen) atoms. The first kappa shape index (κ1) is 32.1. The first-order chi connectivity index (χ1) is 20.5. The van der Waals surface area contributed by atoms with Crippen LogP contribution in [-0.4, -0.2) is 69.2 Å². The van der Waals surface area contributed by atoms with Gasteiger partial charge in [-0.25, -0.2) is 4.52 Å². The highest BCUT2D eigenvalue weighted by Gasteiger charge is 2.30. The van der Waals surface area contributed by atoms with E-state index in [1.165, 1.54) is 54.9 Å². The summed E-state index contributed by atoms with van der Waals surface area (Å²) in [5, 5.41) is 21.2. The molecule has 234 valence electrons. The molecule has 10 nitrogen and oxygen atoms in total. The number of pyridine rings is 1. The zero-order chi connectivity index (χ0) is 32.3. The van der Waals surface area contributed by atoms with Crippen molar-refractivity contribution in [2.24, 2.45) is 0 Å². The summed E-state index contributed by atoms with van der Waals surface area (Å²) in [4.78, 5) is 29.0. The molecule has 0 atom stereocenters. The second-order valence-corrected chi connectivity index (χ2v) is 10.3. The van der Waals surface area contributed by atoms with Gasteiger partial charge in [0.1, 0.15) is 12.3 Å². The maximum Gasteiger partial charge on any atom is 0.422 e. The molecule has 0 spiro atoms. The third kappa shape index (κ3) is 9.07. The number of ether oxygens (including phenoxy) is 1. The van der Waals surface area contributed by atoms with Gasteiger partial charge in [0.25, 0.3) is 11.8 Å². The summed E-state index contributed by atoms with van der Waals surface area (Å²) in [7, 11) is 0. The number of nitrogens with one attached hydrogen (secondary N) is 3. The predicted octanol–water partition coefficient (Wildman–Crippen LogP) is 4.87. The Morgan fingerprint density at radius 3 is 2.20 bits per heavy atom. The normalized spacial score (nSPS) is 12.2. The van der Waals surface area contributed by atoms with E-state index in [0.29, 0.717) is 16.8 Å². The second kappa shape index (κ2) is 12.4. The fraction of sp³-hybridized carbons (Fsp3) is 0.286. The van der Waals surface area contributed by atoms with Crippen LogP contribution in [0.4, 0.5) is 38.0 Å². The van der Waals surface area contributed by atoms with E-state index in [1.54, 1.807) is 18.2 Å². The predicted molar refractivity (Wildman–Crippen MR) is 147 cm³/mol. The van der Waals surface area contributed by atoms with Crippen molar-refractivity contribution in [3.63, 3.8) is 0 Å². The minimum Gasteiger partial charge on any atom is -0.482 e. The molecule has 2 aromatic carbocycles. The number of fused-ring (bicyclic) bond motifs is 1. The molecule has 2 heterocycles. The Morgan fingerprint density at radius 2 is 1.55 bits per heavy atom. The number of rotatable bonds is 10. The number of hydrogen-bond donors (Lipinski definition) is 4. The van der Waals surface area contributed by atoms with Crippen LogP contribution in [0.5, 0.6) is 5.75 Å². The van der Waals surface area contributed by atoms with Crippen LogP contribution in [0.1, 0.15) is 34.6 Å². The average molecular weight is 625 g/mol. The Balaban J connectivity index is 1.57. The maximum absolute atomic E-state index is 12.9. The van der Waals surface area contributed by atoms with E-state index in [1.807, 2.05) is 5.32 Å². The van der Waals surface area contributed by atoms with Crippen LogP contribution in [0.2, 0.25) is 0 Å². The molecule has 0 bridgehead atoms. The fourth-order valence-corrected chi connectivity index (χ4v) is 3.79. The van der Waals surface area contributed by atoms with Crippen LogP contribution < -0.4 is 20.7 Å². The molecule has 0 saturated heterocycles. The number of anilines is 2. The molecule has 4 rings (SSSR count). The van der Waals surface area contributed by atoms with Gasteiger partial charge in [-0.3, -0.25) is 9.59 Å². The van der Waals surface area contributed by atoms with Gasteiger partial charge in [0.15, 0.2) is 12.3 Å². The molecular weight excluding hydrogens is 598 g/mol. The Hall–Kier alpha value is -4.86. The van der Waals surface area contributed by atoms with Gasteiger partial charge in [-0.05, 0) is 61.9 Å². The van der Waals surface area contributed by atoms with Crippen molar-refractivity contribution in [1.29, 1.82) is 0 Å². The summed E-state index contributed by atoms with van der Waals surface area (Å²) in [5.41, 5.74) is 0.177. The summed E-state index contributed by atoms with van der Waals surface area (Å²) in [6.45, 7) is -0.265. The number of amides is 2. The third-order valence-corrected chi connectivity index (χ3v) is 5.80. The molecule has 0 aliphatic heterocycles. The van der Waals surface area contributed by atoms with E-state index >= 15 is 0 Å². The van der Waals surface area contributed by atoms with Gasteiger partial charge in [-0.15, -0.1) is 5.10 Å². The van der Waals surface area contributed by atoms with Crippen LogP contribution in [0.15, 0.2) is 60.8 Å². The minimum absolute atomic E-state index is 0.0105. The Bertz CT molecular complexity index is 1660. The van der Waals surface area contributed by atoms with Crippen molar-refractivity contribution in [3.05, 3.63) is 71.9 Å². The summed E-state index contributed by atoms with van der Waals surface area (Å²) in [6, 6.07) is 12.9. The number of aromatic nitrogens is 3. The van der Waals surface area contributed by atoms with Gasteiger partial charge in [0.2, 0.25) is 5.95 Å². The number of benzene rings is 2. The molecule has 0 fully saturated rings. The lowest BCUT2D eigenvalue weighted by atomic mass is 10.0. The Kier molecular flexibility index (Phi) is 9.03. The smallest absolute Gasteiger partial charge is 0.422 e. The van der Waals surface area contributed by atoms with Gasteiger partial charge < -0.3 is 25.8 Å². The fourth-order valence-electron chi connectivity index (χ4n) is 3.79. The average Bonchev–Trinajstić information content (AvgIpc) is 3.34. The standard InChI is InChI=1S/C28H26F6N6O4/c1-26(2,43)13-35-24(42)18-6-8-20(21(11-18)44-15-28(32,33)34)37-25-38-22-9-7-19(12-40(22)39-25)16-4-3-5-17(10-16)23(41)36-14-27(29,30)31/h3-12,43H,13-15H2,1-2H3,(H,35,42)(H,36,41)(H,37,39). The lowest BCUT2D eigenvalue weighted by molar-refractivity contribution is -0.153. The van der Waals surface area contributed by atoms with Crippen molar-refractivity contribution in [2.75, 3.05) is 25.0 Å². The highest BCUT2D eigenvalue weighted by molar-refractivity contribution is 5.96. The highest BCUT2D eigenvalue weighted by atomic mass is 19.4.